The number of carboxylic acid groups (broad SMARTS) is 1. The number of allylic oxidation sites excluding steroid dienone is 12. The van der Waals surface area contributed by atoms with Gasteiger partial charge >= 0.3 is 11.9 Å². The Morgan fingerprint density at radius 1 is 0.408 bits per heavy atom. The smallest absolute Gasteiger partial charge is 0.306 e. The quantitative estimate of drug-likeness (QED) is 0.0195. The van der Waals surface area contributed by atoms with E-state index in [1.165, 1.54) is 161 Å². The van der Waals surface area contributed by atoms with Gasteiger partial charge in [0.15, 0.2) is 12.4 Å². The summed E-state index contributed by atoms with van der Waals surface area (Å²) in [5.74, 6) is -2.29. The molecule has 440 valence electrons. The molecular formula is C67H119NO8. The van der Waals surface area contributed by atoms with Crippen molar-refractivity contribution in [1.29, 1.82) is 0 Å². The SMILES string of the molecule is CC/C=C\C/C=C\C/C=C\C/C=C\CCCCCCCCCCCCCCCCCCCCCCCCC(=O)OC(COC(=O)CCCCCCC/C=C\C/C=C\CCCCCC)COC(OCC[N+](C)(C)C)C(=O)[O-]. The number of esters is 2. The summed E-state index contributed by atoms with van der Waals surface area (Å²) in [6.07, 6.45) is 72.6. The molecule has 0 fully saturated rings. The average molecular weight is 1070 g/mol. The lowest BCUT2D eigenvalue weighted by molar-refractivity contribution is -0.870. The minimum atomic E-state index is -1.62. The van der Waals surface area contributed by atoms with Crippen molar-refractivity contribution in [2.75, 3.05) is 47.5 Å². The third-order valence-corrected chi connectivity index (χ3v) is 13.7. The number of unbranched alkanes of at least 4 members (excludes halogenated alkanes) is 31. The summed E-state index contributed by atoms with van der Waals surface area (Å²) in [4.78, 5) is 37.3. The molecule has 0 radical (unpaired) electrons. The number of carboxylic acids is 1. The number of nitrogens with zero attached hydrogens (tertiary/aromatic N) is 1. The van der Waals surface area contributed by atoms with Crippen molar-refractivity contribution in [2.24, 2.45) is 0 Å². The van der Waals surface area contributed by atoms with Crippen LogP contribution in [-0.4, -0.2) is 82.3 Å². The summed E-state index contributed by atoms with van der Waals surface area (Å²) >= 11 is 0. The number of likely N-dealkylation sites (N-methyl/N-ethyl adjacent to an activating group) is 1. The van der Waals surface area contributed by atoms with Gasteiger partial charge in [0.05, 0.1) is 40.3 Å². The molecular weight excluding hydrogens is 947 g/mol. The van der Waals surface area contributed by atoms with Gasteiger partial charge in [0.25, 0.3) is 0 Å². The third kappa shape index (κ3) is 58.4. The lowest BCUT2D eigenvalue weighted by Gasteiger charge is -2.26. The lowest BCUT2D eigenvalue weighted by Crippen LogP contribution is -2.44. The molecule has 0 saturated carbocycles. The second-order valence-corrected chi connectivity index (χ2v) is 22.3. The molecule has 0 spiro atoms. The van der Waals surface area contributed by atoms with Crippen LogP contribution in [0, 0.1) is 0 Å². The number of rotatable bonds is 58. The zero-order valence-electron chi connectivity index (χ0n) is 50.1. The predicted molar refractivity (Wildman–Crippen MR) is 320 cm³/mol. The first kappa shape index (κ1) is 72.7. The Bertz CT molecular complexity index is 1470. The minimum Gasteiger partial charge on any atom is -0.545 e. The molecule has 2 unspecified atom stereocenters. The van der Waals surface area contributed by atoms with Crippen molar-refractivity contribution in [1.82, 2.24) is 0 Å². The van der Waals surface area contributed by atoms with E-state index >= 15 is 0 Å². The maximum Gasteiger partial charge on any atom is 0.306 e. The highest BCUT2D eigenvalue weighted by atomic mass is 16.7. The number of hydrogen-bond acceptors (Lipinski definition) is 8. The maximum atomic E-state index is 12.9. The van der Waals surface area contributed by atoms with E-state index in [-0.39, 0.29) is 38.6 Å². The molecule has 9 heteroatoms. The van der Waals surface area contributed by atoms with E-state index in [9.17, 15) is 19.5 Å². The van der Waals surface area contributed by atoms with Gasteiger partial charge in [0, 0.05) is 12.8 Å². The van der Waals surface area contributed by atoms with E-state index in [1.807, 2.05) is 21.1 Å². The Morgan fingerprint density at radius 3 is 1.12 bits per heavy atom. The van der Waals surface area contributed by atoms with Crippen molar-refractivity contribution in [3.63, 3.8) is 0 Å². The standard InChI is InChI=1S/C67H119NO8/c1-6-8-10-12-14-16-18-20-22-24-25-26-27-28-29-30-31-32-33-34-35-36-37-38-39-40-41-42-44-46-48-50-52-54-56-58-65(70)76-63(62-75-67(66(71)72)73-60-59-68(3,4)5)61-74-64(69)57-55-53-51-49-47-45-43-23-21-19-17-15-13-11-9-7-2/h8,10,14,16-17,19-20,22-23,25-26,43,63,67H,6-7,9,11-13,15,18,21,24,27-42,44-62H2,1-5H3/b10-8-,16-14-,19-17-,22-20-,26-25-,43-23-. The third-order valence-electron chi connectivity index (χ3n) is 13.7. The summed E-state index contributed by atoms with van der Waals surface area (Å²) in [5.41, 5.74) is 0. The second-order valence-electron chi connectivity index (χ2n) is 22.3. The van der Waals surface area contributed by atoms with Crippen molar-refractivity contribution in [2.45, 2.75) is 289 Å². The summed E-state index contributed by atoms with van der Waals surface area (Å²) < 4.78 is 22.7. The Hall–Kier alpha value is -3.27. The fourth-order valence-electron chi connectivity index (χ4n) is 8.85. The van der Waals surface area contributed by atoms with Crippen molar-refractivity contribution < 1.29 is 42.9 Å². The van der Waals surface area contributed by atoms with Crippen molar-refractivity contribution in [3.05, 3.63) is 72.9 Å². The van der Waals surface area contributed by atoms with Crippen LogP contribution in [0.2, 0.25) is 0 Å². The van der Waals surface area contributed by atoms with Crippen molar-refractivity contribution in [3.8, 4) is 0 Å². The first-order valence-corrected chi connectivity index (χ1v) is 31.6. The van der Waals surface area contributed by atoms with Crippen LogP contribution in [0.3, 0.4) is 0 Å². The molecule has 0 saturated heterocycles. The van der Waals surface area contributed by atoms with Gasteiger partial charge in [-0.15, -0.1) is 0 Å². The summed E-state index contributed by atoms with van der Waals surface area (Å²) in [5, 5.41) is 11.8. The molecule has 0 aliphatic carbocycles. The molecule has 0 bridgehead atoms. The fraction of sp³-hybridized carbons (Fsp3) is 0.776. The molecule has 0 aromatic heterocycles. The molecule has 0 aromatic carbocycles. The Kier molecular flexibility index (Phi) is 55.4. The number of carbonyl (C=O) groups excluding carboxylic acids is 3. The number of aliphatic carboxylic acids is 1. The molecule has 9 nitrogen and oxygen atoms in total. The van der Waals surface area contributed by atoms with Crippen LogP contribution < -0.4 is 5.11 Å². The highest BCUT2D eigenvalue weighted by molar-refractivity contribution is 5.70. The molecule has 0 N–H and O–H groups in total. The Labute approximate surface area is 468 Å². The first-order chi connectivity index (χ1) is 37.1. The van der Waals surface area contributed by atoms with Crippen LogP contribution in [0.25, 0.3) is 0 Å². The summed E-state index contributed by atoms with van der Waals surface area (Å²) in [6.45, 7) is 4.62. The van der Waals surface area contributed by atoms with E-state index in [1.54, 1.807) is 0 Å². The van der Waals surface area contributed by atoms with Crippen molar-refractivity contribution >= 4 is 17.9 Å². The monoisotopic (exact) mass is 1070 g/mol. The van der Waals surface area contributed by atoms with Gasteiger partial charge in [-0.1, -0.05) is 254 Å². The van der Waals surface area contributed by atoms with Crippen LogP contribution in [0.1, 0.15) is 277 Å². The van der Waals surface area contributed by atoms with Crippen LogP contribution in [-0.2, 0) is 33.3 Å². The summed E-state index contributed by atoms with van der Waals surface area (Å²) in [6, 6.07) is 0. The van der Waals surface area contributed by atoms with Crippen LogP contribution >= 0.6 is 0 Å². The van der Waals surface area contributed by atoms with E-state index < -0.39 is 24.3 Å². The van der Waals surface area contributed by atoms with Crippen LogP contribution in [0.5, 0.6) is 0 Å². The topological polar surface area (TPSA) is 111 Å². The molecule has 76 heavy (non-hydrogen) atoms. The molecule has 0 amide bonds. The molecule has 0 aliphatic rings. The van der Waals surface area contributed by atoms with Gasteiger partial charge in [-0.2, -0.15) is 0 Å². The highest BCUT2D eigenvalue weighted by Crippen LogP contribution is 2.17. The van der Waals surface area contributed by atoms with Gasteiger partial charge in [0.1, 0.15) is 13.2 Å². The van der Waals surface area contributed by atoms with Gasteiger partial charge < -0.3 is 33.3 Å². The van der Waals surface area contributed by atoms with E-state index in [0.29, 0.717) is 17.4 Å². The highest BCUT2D eigenvalue weighted by Gasteiger charge is 2.22. The largest absolute Gasteiger partial charge is 0.545 e. The van der Waals surface area contributed by atoms with Crippen LogP contribution in [0.15, 0.2) is 72.9 Å². The number of carbonyl (C=O) groups is 3. The molecule has 0 aliphatic heterocycles. The van der Waals surface area contributed by atoms with Crippen LogP contribution in [0.4, 0.5) is 0 Å². The normalized spacial score (nSPS) is 13.2. The first-order valence-electron chi connectivity index (χ1n) is 31.6. The molecule has 0 rings (SSSR count). The fourth-order valence-corrected chi connectivity index (χ4v) is 8.85. The van der Waals surface area contributed by atoms with E-state index in [4.69, 9.17) is 18.9 Å². The van der Waals surface area contributed by atoms with Gasteiger partial charge in [-0.05, 0) is 83.5 Å². The van der Waals surface area contributed by atoms with E-state index in [0.717, 1.165) is 83.5 Å². The van der Waals surface area contributed by atoms with Gasteiger partial charge in [-0.25, -0.2) is 0 Å². The maximum absolute atomic E-state index is 12.9. The van der Waals surface area contributed by atoms with Gasteiger partial charge in [0.2, 0.25) is 0 Å². The van der Waals surface area contributed by atoms with E-state index in [2.05, 4.69) is 86.8 Å². The summed E-state index contributed by atoms with van der Waals surface area (Å²) in [7, 11) is 5.92. The molecule has 0 aromatic rings. The second kappa shape index (κ2) is 57.9. The Balaban J connectivity index is 4.06. The number of hydrogen-bond donors (Lipinski definition) is 0. The lowest BCUT2D eigenvalue weighted by atomic mass is 10.0. The molecule has 0 heterocycles. The molecule has 2 atom stereocenters. The zero-order chi connectivity index (χ0) is 55.5. The predicted octanol–water partition coefficient (Wildman–Crippen LogP) is 17.6. The number of quaternary nitrogens is 1. The zero-order valence-corrected chi connectivity index (χ0v) is 50.1. The Morgan fingerprint density at radius 2 is 0.750 bits per heavy atom. The number of ether oxygens (including phenoxy) is 4. The minimum absolute atomic E-state index is 0.145. The average Bonchev–Trinajstić information content (AvgIpc) is 3.39. The van der Waals surface area contributed by atoms with Gasteiger partial charge in [-0.3, -0.25) is 9.59 Å².